The van der Waals surface area contributed by atoms with Crippen LogP contribution in [0.3, 0.4) is 0 Å². The van der Waals surface area contributed by atoms with Gasteiger partial charge in [0.1, 0.15) is 72.5 Å². The van der Waals surface area contributed by atoms with Gasteiger partial charge in [-0.2, -0.15) is 0 Å². The lowest BCUT2D eigenvalue weighted by molar-refractivity contribution is -0.143. The topological polar surface area (TPSA) is 812 Å². The molecule has 0 bridgehead atoms. The third-order valence-electron chi connectivity index (χ3n) is 17.0. The third-order valence-corrected chi connectivity index (χ3v) is 17.0. The summed E-state index contributed by atoms with van der Waals surface area (Å²) in [5.74, 6) is -14.2. The van der Waals surface area contributed by atoms with Gasteiger partial charge in [0.15, 0.2) is 29.8 Å². The van der Waals surface area contributed by atoms with Crippen molar-refractivity contribution in [2.24, 2.45) is 111 Å². The van der Waals surface area contributed by atoms with Gasteiger partial charge in [0.25, 0.3) is 0 Å². The Morgan fingerprint density at radius 3 is 0.954 bits per heavy atom. The highest BCUT2D eigenvalue weighted by atomic mass is 16.4. The van der Waals surface area contributed by atoms with Crippen LogP contribution in [0.15, 0.2) is 25.0 Å². The molecule has 1 aliphatic rings. The van der Waals surface area contributed by atoms with E-state index in [0.717, 1.165) is 0 Å². The molecule has 0 radical (unpaired) electrons. The van der Waals surface area contributed by atoms with Gasteiger partial charge in [-0.15, -0.1) is 0 Å². The molecule has 1 fully saturated rings. The lowest BCUT2D eigenvalue weighted by Crippen LogP contribution is -2.60. The average Bonchev–Trinajstić information content (AvgIpc) is 1.74. The number of aliphatic hydroxyl groups is 1. The number of primary amides is 1. The molecule has 0 saturated carbocycles. The fraction of sp³-hybridized carbons (Fsp3) is 0.719. The summed E-state index contributed by atoms with van der Waals surface area (Å²) in [5, 5.41) is 45.8. The van der Waals surface area contributed by atoms with Gasteiger partial charge >= 0.3 is 5.97 Å². The number of carbonyl (C=O) groups excluding carboxylic acids is 12. The van der Waals surface area contributed by atoms with Crippen LogP contribution < -0.4 is 133 Å². The molecule has 1 aliphatic heterocycles. The van der Waals surface area contributed by atoms with E-state index in [1.54, 1.807) is 13.8 Å². The normalized spacial score (nSPS) is 15.7. The molecule has 45 nitrogen and oxygen atoms in total. The molecule has 45 heteroatoms. The second-order valence-electron chi connectivity index (χ2n) is 26.6. The Kier molecular flexibility index (Phi) is 46.2. The standard InChI is InChI=1S/C64H122N30O15/c1-33(2)47(59(108)109)93-56(105)42(21-13-31-83-64(77)78)91-51(100)37(16-6-8-26-66)86-50(99)36(15-5-7-25-65)87-53(102)40(19-11-29-81-62(73)74)90-54(103)41(20-12-30-82-63(75)76)89-52(101)39(18-10-28-80-61(71)72)85-48(97)34(3)84-49(98)38(17-9-27-79-60(69)70)88-55(104)43(23-24-45(67)96)92-57(106)44-22-14-32-94(44)58(107)46(68)35(4)95/h33-44,46-47,95H,5-32,65-66,68H2,1-4H3,(H2,67,96)(H,84,98)(H,85,97)(H,86,99)(H,87,102)(H,88,104)(H,89,101)(H,90,103)(H,91,100)(H,92,106)(H,93,105)(H,108,109)(H4,69,70,79)(H4,71,72,80)(H4,73,74,81)(H4,75,76,82)(H4,77,78,83)/t34-,35+,36-,37-,38-,39-,40-,41-,42-,43-,44-,46-,47-/m0/s1. The van der Waals surface area contributed by atoms with Crippen LogP contribution in [0.25, 0.3) is 0 Å². The van der Waals surface area contributed by atoms with Crippen LogP contribution in [0, 0.1) is 5.92 Å². The molecule has 0 aromatic carbocycles. The Balaban J connectivity index is 3.87. The molecule has 1 saturated heterocycles. The smallest absolute Gasteiger partial charge is 0.326 e. The molecule has 0 unspecified atom stereocenters. The number of carboxylic acids is 1. The van der Waals surface area contributed by atoms with E-state index < -0.39 is 168 Å². The third kappa shape index (κ3) is 39.6. The quantitative estimate of drug-likeness (QED) is 0.0153. The molecule has 0 aliphatic carbocycles. The van der Waals surface area contributed by atoms with Gasteiger partial charge < -0.3 is 149 Å². The molecular weight excluding hydrogens is 1430 g/mol. The molecular formula is C64H122N30O15. The Morgan fingerprint density at radius 2 is 0.679 bits per heavy atom. The number of hydrogen-bond acceptors (Lipinski definition) is 22. The number of guanidine groups is 5. The number of hydrogen-bond donors (Lipinski definition) is 26. The van der Waals surface area contributed by atoms with E-state index in [2.05, 4.69) is 78.1 Å². The summed E-state index contributed by atoms with van der Waals surface area (Å²) in [5.41, 5.74) is 78.6. The van der Waals surface area contributed by atoms with E-state index >= 15 is 0 Å². The number of unbranched alkanes of at least 4 members (excludes halogenated alkanes) is 2. The predicted octanol–water partition coefficient (Wildman–Crippen LogP) is -10.9. The highest BCUT2D eigenvalue weighted by Crippen LogP contribution is 2.20. The SMILES string of the molecule is CC(C)[C@H](NC(=O)[C@H](CCCN=C(N)N)NC(=O)[C@H](CCCCN)NC(=O)[C@H](CCCCN)NC(=O)[C@H](CCCN=C(N)N)NC(=O)[C@H](CCCN=C(N)N)NC(=O)[C@H](CCCN=C(N)N)NC(=O)[C@H](C)NC(=O)[C@H](CCCN=C(N)N)NC(=O)[C@H](CCC(N)=O)NC(=O)[C@@H]1CCCN1C(=O)[C@@H](N)[C@@H](C)O)C(=O)O. The molecule has 0 spiro atoms. The number of nitrogens with two attached hydrogens (primary N) is 14. The number of aliphatic imine (C=N–C) groups is 5. The Hall–Kier alpha value is -10.7. The summed E-state index contributed by atoms with van der Waals surface area (Å²) in [4.78, 5) is 202. The van der Waals surface area contributed by atoms with Crippen LogP contribution >= 0.6 is 0 Å². The lowest BCUT2D eigenvalue weighted by atomic mass is 10.0. The van der Waals surface area contributed by atoms with Gasteiger partial charge in [-0.25, -0.2) is 4.79 Å². The van der Waals surface area contributed by atoms with Gasteiger partial charge in [0, 0.05) is 45.7 Å². The summed E-state index contributed by atoms with van der Waals surface area (Å²) in [6.45, 7) is 5.93. The first-order valence-corrected chi connectivity index (χ1v) is 36.3. The minimum atomic E-state index is -1.56. The summed E-state index contributed by atoms with van der Waals surface area (Å²) in [7, 11) is 0. The number of carbonyl (C=O) groups is 13. The average molecular weight is 1550 g/mol. The zero-order valence-electron chi connectivity index (χ0n) is 62.8. The summed E-state index contributed by atoms with van der Waals surface area (Å²) in [6, 6.07) is -17.2. The monoisotopic (exact) mass is 1550 g/mol. The predicted molar refractivity (Wildman–Crippen MR) is 406 cm³/mol. The molecule has 12 amide bonds. The highest BCUT2D eigenvalue weighted by Gasteiger charge is 2.40. The molecule has 1 rings (SSSR count). The van der Waals surface area contributed by atoms with Crippen molar-refractivity contribution in [2.75, 3.05) is 52.4 Å². The maximum atomic E-state index is 14.8. The maximum Gasteiger partial charge on any atom is 0.326 e. The summed E-state index contributed by atoms with van der Waals surface area (Å²) in [6.07, 6.45) is -1.05. The highest BCUT2D eigenvalue weighted by molar-refractivity contribution is 6.00. The molecule has 109 heavy (non-hydrogen) atoms. The number of carboxylic acid groups (broad SMARTS) is 1. The van der Waals surface area contributed by atoms with Gasteiger partial charge in [0.2, 0.25) is 70.9 Å². The second-order valence-corrected chi connectivity index (χ2v) is 26.6. The Labute approximate surface area is 633 Å². The summed E-state index contributed by atoms with van der Waals surface area (Å²) < 4.78 is 0. The number of aliphatic carboxylic acids is 1. The van der Waals surface area contributed by atoms with Crippen LogP contribution in [-0.2, 0) is 62.3 Å². The second kappa shape index (κ2) is 52.3. The lowest BCUT2D eigenvalue weighted by Gasteiger charge is -2.29. The van der Waals surface area contributed by atoms with Crippen molar-refractivity contribution in [1.29, 1.82) is 0 Å². The fourth-order valence-electron chi connectivity index (χ4n) is 11.0. The molecule has 40 N–H and O–H groups in total. The zero-order chi connectivity index (χ0) is 82.5. The van der Waals surface area contributed by atoms with Gasteiger partial charge in [-0.05, 0) is 155 Å². The van der Waals surface area contributed by atoms with Crippen LogP contribution in [0.4, 0.5) is 0 Å². The Morgan fingerprint density at radius 1 is 0.394 bits per heavy atom. The number of amides is 12. The summed E-state index contributed by atoms with van der Waals surface area (Å²) >= 11 is 0. The molecule has 13 atom stereocenters. The first-order valence-electron chi connectivity index (χ1n) is 36.3. The first-order chi connectivity index (χ1) is 51.3. The van der Waals surface area contributed by atoms with E-state index in [-0.39, 0.29) is 185 Å². The van der Waals surface area contributed by atoms with Crippen molar-refractivity contribution >= 4 is 107 Å². The van der Waals surface area contributed by atoms with Crippen molar-refractivity contribution in [3.8, 4) is 0 Å². The number of rotatable bonds is 55. The number of nitrogens with one attached hydrogen (secondary N) is 10. The fourth-order valence-corrected chi connectivity index (χ4v) is 11.0. The number of aliphatic hydroxyl groups excluding tert-OH is 1. The van der Waals surface area contributed by atoms with E-state index in [1.807, 2.05) is 0 Å². The van der Waals surface area contributed by atoms with Crippen LogP contribution in [0.2, 0.25) is 0 Å². The van der Waals surface area contributed by atoms with E-state index in [4.69, 9.17) is 80.3 Å². The molecule has 0 aromatic heterocycles. The van der Waals surface area contributed by atoms with E-state index in [9.17, 15) is 72.5 Å². The van der Waals surface area contributed by atoms with Crippen LogP contribution in [0.1, 0.15) is 156 Å². The molecule has 0 aromatic rings. The minimum Gasteiger partial charge on any atom is -0.480 e. The minimum absolute atomic E-state index is 0.0118. The van der Waals surface area contributed by atoms with E-state index in [1.165, 1.54) is 18.7 Å². The number of likely N-dealkylation sites (tertiary alicyclic amines) is 1. The van der Waals surface area contributed by atoms with Crippen LogP contribution in [0.5, 0.6) is 0 Å². The molecule has 1 heterocycles. The largest absolute Gasteiger partial charge is 0.480 e. The van der Waals surface area contributed by atoms with Crippen molar-refractivity contribution < 1.29 is 72.5 Å². The zero-order valence-corrected chi connectivity index (χ0v) is 62.8. The van der Waals surface area contributed by atoms with Crippen molar-refractivity contribution in [2.45, 2.75) is 235 Å². The molecule has 618 valence electrons. The Bertz CT molecular complexity index is 3120. The van der Waals surface area contributed by atoms with Crippen molar-refractivity contribution in [3.05, 3.63) is 0 Å². The van der Waals surface area contributed by atoms with Gasteiger partial charge in [0.05, 0.1) is 6.10 Å². The van der Waals surface area contributed by atoms with Gasteiger partial charge in [-0.1, -0.05) is 13.8 Å². The van der Waals surface area contributed by atoms with Crippen LogP contribution in [-0.4, -0.2) is 253 Å². The van der Waals surface area contributed by atoms with Gasteiger partial charge in [-0.3, -0.25) is 82.5 Å². The maximum absolute atomic E-state index is 14.8. The number of nitrogens with zero attached hydrogens (tertiary/aromatic N) is 6. The van der Waals surface area contributed by atoms with Crippen molar-refractivity contribution in [3.63, 3.8) is 0 Å². The first kappa shape index (κ1) is 96.3. The van der Waals surface area contributed by atoms with Crippen molar-refractivity contribution in [1.82, 2.24) is 58.1 Å². The van der Waals surface area contributed by atoms with E-state index in [0.29, 0.717) is 19.3 Å².